The van der Waals surface area contributed by atoms with Crippen LogP contribution in [0.2, 0.25) is 5.02 Å². The van der Waals surface area contributed by atoms with E-state index in [0.29, 0.717) is 13.1 Å². The summed E-state index contributed by atoms with van der Waals surface area (Å²) < 4.78 is 39.9. The fraction of sp³-hybridized carbons (Fsp3) is 0.316. The van der Waals surface area contributed by atoms with Crippen molar-refractivity contribution in [2.24, 2.45) is 0 Å². The summed E-state index contributed by atoms with van der Waals surface area (Å²) in [4.78, 5) is 14.3. The first kappa shape index (κ1) is 19.8. The van der Waals surface area contributed by atoms with Crippen molar-refractivity contribution >= 4 is 27.5 Å². The van der Waals surface area contributed by atoms with Gasteiger partial charge in [0.25, 0.3) is 5.91 Å². The van der Waals surface area contributed by atoms with E-state index < -0.39 is 15.9 Å². The Hall–Kier alpha value is -1.96. The van der Waals surface area contributed by atoms with E-state index in [1.165, 1.54) is 39.5 Å². The lowest BCUT2D eigenvalue weighted by atomic mass is 10.1. The van der Waals surface area contributed by atoms with Crippen LogP contribution < -0.4 is 0 Å². The molecule has 3 rings (SSSR count). The summed E-state index contributed by atoms with van der Waals surface area (Å²) in [7, 11) is -2.05. The van der Waals surface area contributed by atoms with Gasteiger partial charge in [0.15, 0.2) is 0 Å². The van der Waals surface area contributed by atoms with Gasteiger partial charge in [-0.05, 0) is 48.7 Å². The van der Waals surface area contributed by atoms with Gasteiger partial charge in [-0.25, -0.2) is 12.8 Å². The normalized spacial score (nSPS) is 15.1. The highest BCUT2D eigenvalue weighted by Gasteiger charge is 2.28. The number of hydrogen-bond donors (Lipinski definition) is 0. The summed E-state index contributed by atoms with van der Waals surface area (Å²) >= 11 is 6.16. The zero-order valence-corrected chi connectivity index (χ0v) is 16.4. The highest BCUT2D eigenvalue weighted by Crippen LogP contribution is 2.26. The first-order valence-electron chi connectivity index (χ1n) is 8.58. The number of rotatable bonds is 5. The van der Waals surface area contributed by atoms with Gasteiger partial charge in [-0.1, -0.05) is 23.7 Å². The van der Waals surface area contributed by atoms with Crippen molar-refractivity contribution in [2.45, 2.75) is 24.3 Å². The number of sulfonamides is 1. The lowest BCUT2D eigenvalue weighted by Crippen LogP contribution is -2.29. The molecule has 27 heavy (non-hydrogen) atoms. The number of halogens is 2. The van der Waals surface area contributed by atoms with Crippen molar-refractivity contribution in [1.82, 2.24) is 9.21 Å². The van der Waals surface area contributed by atoms with Crippen LogP contribution in [0.1, 0.15) is 28.8 Å². The van der Waals surface area contributed by atoms with Crippen LogP contribution in [-0.2, 0) is 16.6 Å². The molecule has 8 heteroatoms. The second kappa shape index (κ2) is 7.96. The molecule has 1 heterocycles. The Bertz CT molecular complexity index is 942. The van der Waals surface area contributed by atoms with Crippen molar-refractivity contribution in [1.29, 1.82) is 0 Å². The van der Waals surface area contributed by atoms with Crippen molar-refractivity contribution in [3.05, 3.63) is 64.4 Å². The van der Waals surface area contributed by atoms with Crippen molar-refractivity contribution in [3.63, 3.8) is 0 Å². The number of amides is 1. The minimum atomic E-state index is -3.64. The third-order valence-electron chi connectivity index (χ3n) is 4.55. The lowest BCUT2D eigenvalue weighted by Gasteiger charge is -2.20. The molecule has 144 valence electrons. The summed E-state index contributed by atoms with van der Waals surface area (Å²) in [5.74, 6) is -0.751. The van der Waals surface area contributed by atoms with Crippen molar-refractivity contribution in [2.75, 3.05) is 20.1 Å². The quantitative estimate of drug-likeness (QED) is 0.757. The molecule has 5 nitrogen and oxygen atoms in total. The first-order chi connectivity index (χ1) is 12.8. The second-order valence-electron chi connectivity index (χ2n) is 6.54. The van der Waals surface area contributed by atoms with Gasteiger partial charge in [-0.15, -0.1) is 0 Å². The van der Waals surface area contributed by atoms with Gasteiger partial charge in [0.05, 0.1) is 15.5 Å². The topological polar surface area (TPSA) is 57.7 Å². The Morgan fingerprint density at radius 1 is 1.15 bits per heavy atom. The maximum absolute atomic E-state index is 13.0. The average molecular weight is 411 g/mol. The zero-order chi connectivity index (χ0) is 19.6. The van der Waals surface area contributed by atoms with E-state index in [1.54, 1.807) is 19.2 Å². The van der Waals surface area contributed by atoms with Crippen LogP contribution in [-0.4, -0.2) is 43.7 Å². The SMILES string of the molecule is CN(Cc1ccc(F)cc1)C(=O)c1cc(S(=O)(=O)N2CCCC2)ccc1Cl. The zero-order valence-electron chi connectivity index (χ0n) is 14.9. The summed E-state index contributed by atoms with van der Waals surface area (Å²) in [6, 6.07) is 10.0. The second-order valence-corrected chi connectivity index (χ2v) is 8.89. The predicted octanol–water partition coefficient (Wildman–Crippen LogP) is 3.54. The Labute approximate surface area is 163 Å². The summed E-state index contributed by atoms with van der Waals surface area (Å²) in [5, 5.41) is 0.186. The smallest absolute Gasteiger partial charge is 0.255 e. The minimum Gasteiger partial charge on any atom is -0.337 e. The van der Waals surface area contributed by atoms with E-state index >= 15 is 0 Å². The average Bonchev–Trinajstić information content (AvgIpc) is 3.19. The minimum absolute atomic E-state index is 0.0623. The van der Waals surface area contributed by atoms with Crippen LogP contribution in [0, 0.1) is 5.82 Å². The number of hydrogen-bond acceptors (Lipinski definition) is 3. The molecule has 1 aliphatic heterocycles. The standard InChI is InChI=1S/C19H20ClFN2O3S/c1-22(13-14-4-6-15(21)7-5-14)19(24)17-12-16(8-9-18(17)20)27(25,26)23-10-2-3-11-23/h4-9,12H,2-3,10-11,13H2,1H3. The maximum atomic E-state index is 13.0. The molecule has 0 radical (unpaired) electrons. The van der Waals surface area contributed by atoms with Crippen LogP contribution in [0.15, 0.2) is 47.4 Å². The fourth-order valence-corrected chi connectivity index (χ4v) is 4.79. The molecule has 0 saturated carbocycles. The third kappa shape index (κ3) is 4.31. The highest BCUT2D eigenvalue weighted by atomic mass is 35.5. The van der Waals surface area contributed by atoms with E-state index in [0.717, 1.165) is 18.4 Å². The summed E-state index contributed by atoms with van der Waals surface area (Å²) in [6.07, 6.45) is 1.66. The monoisotopic (exact) mass is 410 g/mol. The highest BCUT2D eigenvalue weighted by molar-refractivity contribution is 7.89. The van der Waals surface area contributed by atoms with E-state index in [4.69, 9.17) is 11.6 Å². The number of nitrogens with zero attached hydrogens (tertiary/aromatic N) is 2. The predicted molar refractivity (Wildman–Crippen MR) is 102 cm³/mol. The molecule has 2 aromatic carbocycles. The molecule has 1 fully saturated rings. The molecule has 1 saturated heterocycles. The molecule has 0 N–H and O–H groups in total. The number of carbonyl (C=O) groups is 1. The molecule has 1 amide bonds. The van der Waals surface area contributed by atoms with E-state index in [1.807, 2.05) is 0 Å². The van der Waals surface area contributed by atoms with E-state index in [2.05, 4.69) is 0 Å². The molecule has 0 aromatic heterocycles. The van der Waals surface area contributed by atoms with Crippen LogP contribution in [0.25, 0.3) is 0 Å². The van der Waals surface area contributed by atoms with Crippen LogP contribution in [0.3, 0.4) is 0 Å². The van der Waals surface area contributed by atoms with Crippen LogP contribution in [0.5, 0.6) is 0 Å². The van der Waals surface area contributed by atoms with E-state index in [9.17, 15) is 17.6 Å². The molecule has 0 spiro atoms. The summed E-state index contributed by atoms with van der Waals surface area (Å²) in [5.41, 5.74) is 0.880. The lowest BCUT2D eigenvalue weighted by molar-refractivity contribution is 0.0785. The molecular weight excluding hydrogens is 391 g/mol. The molecule has 0 unspecified atom stereocenters. The molecule has 2 aromatic rings. The largest absolute Gasteiger partial charge is 0.337 e. The molecule has 1 aliphatic rings. The van der Waals surface area contributed by atoms with Gasteiger partial charge < -0.3 is 4.90 Å². The Morgan fingerprint density at radius 3 is 2.41 bits per heavy atom. The molecular formula is C19H20ClFN2O3S. The number of benzene rings is 2. The Kier molecular flexibility index (Phi) is 5.83. The first-order valence-corrected chi connectivity index (χ1v) is 10.4. The van der Waals surface area contributed by atoms with Gasteiger partial charge in [-0.2, -0.15) is 4.31 Å². The van der Waals surface area contributed by atoms with Crippen LogP contribution >= 0.6 is 11.6 Å². The number of carbonyl (C=O) groups excluding carboxylic acids is 1. The molecule has 0 bridgehead atoms. The fourth-order valence-electron chi connectivity index (χ4n) is 3.05. The third-order valence-corrected chi connectivity index (χ3v) is 6.77. The Morgan fingerprint density at radius 2 is 1.78 bits per heavy atom. The van der Waals surface area contributed by atoms with Gasteiger partial charge in [0, 0.05) is 26.7 Å². The summed E-state index contributed by atoms with van der Waals surface area (Å²) in [6.45, 7) is 1.22. The van der Waals surface area contributed by atoms with Crippen molar-refractivity contribution < 1.29 is 17.6 Å². The van der Waals surface area contributed by atoms with Gasteiger partial charge in [-0.3, -0.25) is 4.79 Å². The van der Waals surface area contributed by atoms with Crippen molar-refractivity contribution in [3.8, 4) is 0 Å². The molecule has 0 atom stereocenters. The maximum Gasteiger partial charge on any atom is 0.255 e. The van der Waals surface area contributed by atoms with Gasteiger partial charge in [0.1, 0.15) is 5.82 Å². The van der Waals surface area contributed by atoms with Gasteiger partial charge >= 0.3 is 0 Å². The Balaban J connectivity index is 1.84. The van der Waals surface area contributed by atoms with Crippen LogP contribution in [0.4, 0.5) is 4.39 Å². The molecule has 0 aliphatic carbocycles. The van der Waals surface area contributed by atoms with Gasteiger partial charge in [0.2, 0.25) is 10.0 Å². The van der Waals surface area contributed by atoms with E-state index in [-0.39, 0.29) is 27.8 Å².